The third-order valence-electron chi connectivity index (χ3n) is 5.94. The molecule has 0 saturated carbocycles. The average molecular weight is 430 g/mol. The lowest BCUT2D eigenvalue weighted by Crippen LogP contribution is -2.53. The highest BCUT2D eigenvalue weighted by Crippen LogP contribution is 2.27. The fourth-order valence-corrected chi connectivity index (χ4v) is 5.18. The Bertz CT molecular complexity index is 955. The van der Waals surface area contributed by atoms with E-state index in [4.69, 9.17) is 0 Å². The number of nitrogens with one attached hydrogen (secondary N) is 1. The van der Waals surface area contributed by atoms with Gasteiger partial charge in [0.1, 0.15) is 0 Å². The van der Waals surface area contributed by atoms with E-state index in [9.17, 15) is 13.2 Å². The lowest BCUT2D eigenvalue weighted by molar-refractivity contribution is -0.121. The molecule has 1 aliphatic rings. The average Bonchev–Trinajstić information content (AvgIpc) is 2.79. The predicted molar refractivity (Wildman–Crippen MR) is 120 cm³/mol. The fourth-order valence-electron chi connectivity index (χ4n) is 3.74. The van der Waals surface area contributed by atoms with Crippen molar-refractivity contribution in [3.05, 3.63) is 60.2 Å². The zero-order valence-corrected chi connectivity index (χ0v) is 18.7. The standard InChI is InChI=1S/C23H31N3O3S/c1-4-18(2)21-12-8-9-13-22(21)24-23(27)19(3)25-14-16-26(17-15-25)30(28,29)20-10-6-5-7-11-20/h5-13,18-19H,4,14-17H2,1-3H3,(H,24,27)/t18-,19-/m0/s1. The molecule has 1 saturated heterocycles. The first-order chi connectivity index (χ1) is 14.3. The highest BCUT2D eigenvalue weighted by molar-refractivity contribution is 7.89. The Hall–Kier alpha value is -2.22. The van der Waals surface area contributed by atoms with Crippen LogP contribution in [0.5, 0.6) is 0 Å². The molecule has 0 bridgehead atoms. The number of anilines is 1. The van der Waals surface area contributed by atoms with Crippen molar-refractivity contribution in [1.29, 1.82) is 0 Å². The second-order valence-electron chi connectivity index (χ2n) is 7.81. The number of amides is 1. The Labute approximate surface area is 179 Å². The van der Waals surface area contributed by atoms with Crippen molar-refractivity contribution in [3.63, 3.8) is 0 Å². The van der Waals surface area contributed by atoms with Gasteiger partial charge in [0.15, 0.2) is 0 Å². The zero-order valence-electron chi connectivity index (χ0n) is 17.9. The van der Waals surface area contributed by atoms with Crippen molar-refractivity contribution in [2.24, 2.45) is 0 Å². The summed E-state index contributed by atoms with van der Waals surface area (Å²) < 4.78 is 27.1. The minimum atomic E-state index is -3.49. The minimum Gasteiger partial charge on any atom is -0.324 e. The van der Waals surface area contributed by atoms with Crippen molar-refractivity contribution in [1.82, 2.24) is 9.21 Å². The molecule has 2 aromatic rings. The van der Waals surface area contributed by atoms with Crippen LogP contribution >= 0.6 is 0 Å². The van der Waals surface area contributed by atoms with Gasteiger partial charge in [0.25, 0.3) is 0 Å². The van der Waals surface area contributed by atoms with Crippen LogP contribution in [-0.4, -0.2) is 55.8 Å². The van der Waals surface area contributed by atoms with Gasteiger partial charge in [-0.25, -0.2) is 8.42 Å². The van der Waals surface area contributed by atoms with Gasteiger partial charge in [-0.15, -0.1) is 0 Å². The maximum absolute atomic E-state index is 12.9. The molecule has 1 N–H and O–H groups in total. The number of carbonyl (C=O) groups excluding carboxylic acids is 1. The van der Waals surface area contributed by atoms with E-state index in [-0.39, 0.29) is 11.9 Å². The van der Waals surface area contributed by atoms with Crippen molar-refractivity contribution >= 4 is 21.6 Å². The summed E-state index contributed by atoms with van der Waals surface area (Å²) in [6.45, 7) is 7.95. The Kier molecular flexibility index (Phi) is 7.28. The smallest absolute Gasteiger partial charge is 0.243 e. The summed E-state index contributed by atoms with van der Waals surface area (Å²) in [5.74, 6) is 0.300. The van der Waals surface area contributed by atoms with E-state index in [2.05, 4.69) is 25.2 Å². The Morgan fingerprint density at radius 3 is 2.20 bits per heavy atom. The largest absolute Gasteiger partial charge is 0.324 e. The summed E-state index contributed by atoms with van der Waals surface area (Å²) in [7, 11) is -3.49. The molecule has 1 fully saturated rings. The molecular formula is C23H31N3O3S. The van der Waals surface area contributed by atoms with Crippen LogP contribution < -0.4 is 5.32 Å². The van der Waals surface area contributed by atoms with Crippen LogP contribution in [0, 0.1) is 0 Å². The lowest BCUT2D eigenvalue weighted by atomic mass is 9.97. The number of benzene rings is 2. The van der Waals surface area contributed by atoms with Gasteiger partial charge in [-0.1, -0.05) is 50.2 Å². The van der Waals surface area contributed by atoms with Gasteiger partial charge in [0.05, 0.1) is 10.9 Å². The summed E-state index contributed by atoms with van der Waals surface area (Å²) >= 11 is 0. The molecule has 0 radical (unpaired) electrons. The number of rotatable bonds is 7. The highest BCUT2D eigenvalue weighted by atomic mass is 32.2. The number of sulfonamides is 1. The number of hydrogen-bond acceptors (Lipinski definition) is 4. The third-order valence-corrected chi connectivity index (χ3v) is 7.86. The number of para-hydroxylation sites is 1. The Morgan fingerprint density at radius 1 is 0.967 bits per heavy atom. The lowest BCUT2D eigenvalue weighted by Gasteiger charge is -2.36. The molecular weight excluding hydrogens is 398 g/mol. The number of piperazine rings is 1. The summed E-state index contributed by atoms with van der Waals surface area (Å²) in [6, 6.07) is 16.1. The van der Waals surface area contributed by atoms with E-state index in [1.54, 1.807) is 30.3 Å². The third kappa shape index (κ3) is 4.91. The first-order valence-electron chi connectivity index (χ1n) is 10.5. The number of carbonyl (C=O) groups is 1. The zero-order chi connectivity index (χ0) is 21.7. The number of nitrogens with zero attached hydrogens (tertiary/aromatic N) is 2. The van der Waals surface area contributed by atoms with Gasteiger partial charge in [-0.05, 0) is 43.0 Å². The fraction of sp³-hybridized carbons (Fsp3) is 0.435. The molecule has 1 amide bonds. The van der Waals surface area contributed by atoms with Crippen LogP contribution in [-0.2, 0) is 14.8 Å². The SMILES string of the molecule is CC[C@H](C)c1ccccc1NC(=O)[C@H](C)N1CCN(S(=O)(=O)c2ccccc2)CC1. The van der Waals surface area contributed by atoms with Gasteiger partial charge < -0.3 is 5.32 Å². The number of hydrogen-bond donors (Lipinski definition) is 1. The molecule has 2 atom stereocenters. The summed E-state index contributed by atoms with van der Waals surface area (Å²) in [5.41, 5.74) is 1.99. The Balaban J connectivity index is 1.62. The van der Waals surface area contributed by atoms with Gasteiger partial charge in [-0.3, -0.25) is 9.69 Å². The van der Waals surface area contributed by atoms with Crippen LogP contribution in [0.15, 0.2) is 59.5 Å². The summed E-state index contributed by atoms with van der Waals surface area (Å²) in [6.07, 6.45) is 1.00. The maximum Gasteiger partial charge on any atom is 0.243 e. The van der Waals surface area contributed by atoms with E-state index in [1.807, 2.05) is 30.0 Å². The van der Waals surface area contributed by atoms with Crippen molar-refractivity contribution < 1.29 is 13.2 Å². The molecule has 30 heavy (non-hydrogen) atoms. The van der Waals surface area contributed by atoms with Crippen LogP contribution in [0.4, 0.5) is 5.69 Å². The van der Waals surface area contributed by atoms with Gasteiger partial charge in [0.2, 0.25) is 15.9 Å². The highest BCUT2D eigenvalue weighted by Gasteiger charge is 2.31. The molecule has 162 valence electrons. The topological polar surface area (TPSA) is 69.7 Å². The quantitative estimate of drug-likeness (QED) is 0.731. The van der Waals surface area contributed by atoms with Crippen LogP contribution in [0.1, 0.15) is 38.7 Å². The van der Waals surface area contributed by atoms with E-state index in [0.717, 1.165) is 17.7 Å². The van der Waals surface area contributed by atoms with E-state index in [1.165, 1.54) is 4.31 Å². The summed E-state index contributed by atoms with van der Waals surface area (Å²) in [4.78, 5) is 15.2. The molecule has 0 spiro atoms. The molecule has 1 aliphatic heterocycles. The molecule has 2 aromatic carbocycles. The van der Waals surface area contributed by atoms with E-state index < -0.39 is 10.0 Å². The maximum atomic E-state index is 12.9. The summed E-state index contributed by atoms with van der Waals surface area (Å²) in [5, 5.41) is 3.08. The molecule has 3 rings (SSSR count). The van der Waals surface area contributed by atoms with Gasteiger partial charge >= 0.3 is 0 Å². The van der Waals surface area contributed by atoms with Gasteiger partial charge in [-0.2, -0.15) is 4.31 Å². The normalized spacial score (nSPS) is 18.0. The first kappa shape index (κ1) is 22.5. The van der Waals surface area contributed by atoms with E-state index in [0.29, 0.717) is 37.0 Å². The van der Waals surface area contributed by atoms with Crippen LogP contribution in [0.25, 0.3) is 0 Å². The Morgan fingerprint density at radius 2 is 1.57 bits per heavy atom. The van der Waals surface area contributed by atoms with Crippen LogP contribution in [0.3, 0.4) is 0 Å². The molecule has 7 heteroatoms. The van der Waals surface area contributed by atoms with Crippen molar-refractivity contribution in [3.8, 4) is 0 Å². The van der Waals surface area contributed by atoms with Crippen LogP contribution in [0.2, 0.25) is 0 Å². The van der Waals surface area contributed by atoms with Gasteiger partial charge in [0, 0.05) is 31.9 Å². The second-order valence-corrected chi connectivity index (χ2v) is 9.75. The van der Waals surface area contributed by atoms with E-state index >= 15 is 0 Å². The first-order valence-corrected chi connectivity index (χ1v) is 12.0. The monoisotopic (exact) mass is 429 g/mol. The second kappa shape index (κ2) is 9.73. The van der Waals surface area contributed by atoms with Crippen molar-refractivity contribution in [2.45, 2.75) is 44.0 Å². The minimum absolute atomic E-state index is 0.0647. The molecule has 0 unspecified atom stereocenters. The molecule has 6 nitrogen and oxygen atoms in total. The molecule has 0 aromatic heterocycles. The predicted octanol–water partition coefficient (Wildman–Crippen LogP) is 3.53. The molecule has 1 heterocycles. The molecule has 0 aliphatic carbocycles. The van der Waals surface area contributed by atoms with Crippen molar-refractivity contribution in [2.75, 3.05) is 31.5 Å².